The number of benzene rings is 1. The largest absolute Gasteiger partial charge is 0.496 e. The molecule has 0 bridgehead atoms. The molecule has 1 aromatic rings. The Morgan fingerprint density at radius 2 is 1.93 bits per heavy atom. The summed E-state index contributed by atoms with van der Waals surface area (Å²) in [4.78, 5) is 41.9. The molecule has 2 rings (SSSR count). The van der Waals surface area contributed by atoms with Gasteiger partial charge in [0.1, 0.15) is 5.75 Å². The van der Waals surface area contributed by atoms with Crippen LogP contribution in [-0.4, -0.2) is 68.5 Å². The van der Waals surface area contributed by atoms with Crippen molar-refractivity contribution >= 4 is 17.7 Å². The molecule has 1 heterocycles. The summed E-state index contributed by atoms with van der Waals surface area (Å²) in [5, 5.41) is 0. The molecule has 1 aliphatic heterocycles. The molecule has 7 heteroatoms. The van der Waals surface area contributed by atoms with Crippen LogP contribution in [0.1, 0.15) is 32.3 Å². The third-order valence-corrected chi connectivity index (χ3v) is 5.07. The van der Waals surface area contributed by atoms with E-state index in [9.17, 15) is 14.4 Å². The van der Waals surface area contributed by atoms with E-state index < -0.39 is 5.41 Å². The summed E-state index contributed by atoms with van der Waals surface area (Å²) in [6.07, 6.45) is -0.137. The maximum absolute atomic E-state index is 13.4. The van der Waals surface area contributed by atoms with Gasteiger partial charge in [0, 0.05) is 39.1 Å². The van der Waals surface area contributed by atoms with Crippen molar-refractivity contribution < 1.29 is 23.9 Å². The lowest BCUT2D eigenvalue weighted by Gasteiger charge is -2.30. The molecule has 0 aromatic heterocycles. The van der Waals surface area contributed by atoms with Crippen LogP contribution in [-0.2, 0) is 24.5 Å². The highest BCUT2D eigenvalue weighted by atomic mass is 16.5. The zero-order valence-corrected chi connectivity index (χ0v) is 17.4. The quantitative estimate of drug-likeness (QED) is 0.602. The highest BCUT2D eigenvalue weighted by Gasteiger charge is 2.55. The van der Waals surface area contributed by atoms with Crippen molar-refractivity contribution in [1.82, 2.24) is 9.80 Å². The van der Waals surface area contributed by atoms with Gasteiger partial charge in [0.2, 0.25) is 17.7 Å². The number of ether oxygens (including phenoxy) is 2. The monoisotopic (exact) mass is 390 g/mol. The Bertz CT molecular complexity index is 733. The molecule has 1 aliphatic rings. The van der Waals surface area contributed by atoms with E-state index in [1.165, 1.54) is 19.1 Å². The summed E-state index contributed by atoms with van der Waals surface area (Å²) >= 11 is 0. The molecule has 28 heavy (non-hydrogen) atoms. The van der Waals surface area contributed by atoms with Crippen molar-refractivity contribution in [3.8, 4) is 5.75 Å². The van der Waals surface area contributed by atoms with Crippen LogP contribution in [0.15, 0.2) is 24.3 Å². The first-order valence-electron chi connectivity index (χ1n) is 9.48. The molecular weight excluding hydrogens is 360 g/mol. The smallest absolute Gasteiger partial charge is 0.241 e. The van der Waals surface area contributed by atoms with Crippen molar-refractivity contribution in [2.24, 2.45) is 5.92 Å². The van der Waals surface area contributed by atoms with Gasteiger partial charge < -0.3 is 14.4 Å². The minimum atomic E-state index is -1.26. The fraction of sp³-hybridized carbons (Fsp3) is 0.571. The Balaban J connectivity index is 2.47. The summed E-state index contributed by atoms with van der Waals surface area (Å²) in [5.41, 5.74) is -0.693. The number of para-hydroxylation sites is 1. The molecule has 0 saturated carbocycles. The molecule has 3 amide bonds. The van der Waals surface area contributed by atoms with Crippen molar-refractivity contribution in [3.63, 3.8) is 0 Å². The zero-order chi connectivity index (χ0) is 20.9. The van der Waals surface area contributed by atoms with Gasteiger partial charge in [-0.3, -0.25) is 19.3 Å². The van der Waals surface area contributed by atoms with Crippen LogP contribution in [0.25, 0.3) is 0 Å². The van der Waals surface area contributed by atoms with E-state index in [1.807, 2.05) is 13.8 Å². The second kappa shape index (κ2) is 9.19. The third kappa shape index (κ3) is 4.35. The van der Waals surface area contributed by atoms with Gasteiger partial charge in [-0.05, 0) is 12.0 Å². The fourth-order valence-electron chi connectivity index (χ4n) is 3.74. The molecule has 1 fully saturated rings. The van der Waals surface area contributed by atoms with E-state index in [0.717, 1.165) is 0 Å². The van der Waals surface area contributed by atoms with Crippen molar-refractivity contribution in [2.75, 3.05) is 41.0 Å². The molecule has 1 saturated heterocycles. The van der Waals surface area contributed by atoms with Gasteiger partial charge >= 0.3 is 0 Å². The lowest BCUT2D eigenvalue weighted by atomic mass is 9.75. The molecule has 7 nitrogen and oxygen atoms in total. The number of imide groups is 1. The van der Waals surface area contributed by atoms with Crippen LogP contribution < -0.4 is 4.74 Å². The van der Waals surface area contributed by atoms with Gasteiger partial charge in [0.15, 0.2) is 0 Å². The first-order chi connectivity index (χ1) is 13.3. The maximum Gasteiger partial charge on any atom is 0.241 e. The van der Waals surface area contributed by atoms with E-state index >= 15 is 0 Å². The molecule has 1 aromatic carbocycles. The highest BCUT2D eigenvalue weighted by Crippen LogP contribution is 2.44. The molecule has 154 valence electrons. The highest BCUT2D eigenvalue weighted by molar-refractivity contribution is 6.11. The fourth-order valence-corrected chi connectivity index (χ4v) is 3.74. The van der Waals surface area contributed by atoms with E-state index in [2.05, 4.69) is 0 Å². The number of hydrogen-bond donors (Lipinski definition) is 0. The summed E-state index contributed by atoms with van der Waals surface area (Å²) in [7, 11) is 4.76. The number of amides is 3. The van der Waals surface area contributed by atoms with Crippen molar-refractivity contribution in [2.45, 2.75) is 32.1 Å². The molecule has 0 radical (unpaired) electrons. The van der Waals surface area contributed by atoms with E-state index in [4.69, 9.17) is 9.47 Å². The molecular formula is C21H30N2O5. The first-order valence-corrected chi connectivity index (χ1v) is 9.48. The molecule has 0 aliphatic carbocycles. The molecule has 0 N–H and O–H groups in total. The maximum atomic E-state index is 13.4. The molecule has 1 unspecified atom stereocenters. The zero-order valence-electron chi connectivity index (χ0n) is 17.4. The lowest BCUT2D eigenvalue weighted by Crippen LogP contribution is -2.44. The number of methoxy groups -OCH3 is 2. The van der Waals surface area contributed by atoms with Crippen LogP contribution in [0.2, 0.25) is 0 Å². The molecule has 1 atom stereocenters. The van der Waals surface area contributed by atoms with Crippen LogP contribution in [0.4, 0.5) is 0 Å². The second-order valence-corrected chi connectivity index (χ2v) is 7.65. The number of hydrogen-bond acceptors (Lipinski definition) is 5. The normalized spacial score (nSPS) is 19.4. The standard InChI is InChI=1S/C21H30N2O5/c1-15(2)14-22(3)18(24)12-21(16-8-6-7-9-17(16)28-5)13-19(25)23(20(21)26)10-11-27-4/h6-9,15H,10-14H2,1-5H3. The van der Waals surface area contributed by atoms with Gasteiger partial charge in [-0.1, -0.05) is 32.0 Å². The third-order valence-electron chi connectivity index (χ3n) is 5.07. The van der Waals surface area contributed by atoms with Gasteiger partial charge in [-0.25, -0.2) is 0 Å². The number of nitrogens with zero attached hydrogens (tertiary/aromatic N) is 2. The number of likely N-dealkylation sites (tertiary alicyclic amines) is 1. The predicted molar refractivity (Wildman–Crippen MR) is 105 cm³/mol. The molecule has 0 spiro atoms. The number of carbonyl (C=O) groups excluding carboxylic acids is 3. The Labute approximate surface area is 166 Å². The van der Waals surface area contributed by atoms with Crippen LogP contribution in [0.5, 0.6) is 5.75 Å². The Morgan fingerprint density at radius 3 is 2.54 bits per heavy atom. The van der Waals surface area contributed by atoms with Crippen LogP contribution >= 0.6 is 0 Å². The Morgan fingerprint density at radius 1 is 1.25 bits per heavy atom. The Kier molecular flexibility index (Phi) is 7.18. The van der Waals surface area contributed by atoms with E-state index in [-0.39, 0.29) is 43.7 Å². The van der Waals surface area contributed by atoms with Crippen LogP contribution in [0, 0.1) is 5.92 Å². The topological polar surface area (TPSA) is 76.2 Å². The first kappa shape index (κ1) is 21.9. The van der Waals surface area contributed by atoms with Crippen molar-refractivity contribution in [3.05, 3.63) is 29.8 Å². The summed E-state index contributed by atoms with van der Waals surface area (Å²) in [6, 6.07) is 7.10. The van der Waals surface area contributed by atoms with Gasteiger partial charge in [-0.2, -0.15) is 0 Å². The predicted octanol–water partition coefficient (Wildman–Crippen LogP) is 1.84. The summed E-state index contributed by atoms with van der Waals surface area (Å²) < 4.78 is 10.5. The average Bonchev–Trinajstić information content (AvgIpc) is 2.89. The van der Waals surface area contributed by atoms with Gasteiger partial charge in [-0.15, -0.1) is 0 Å². The minimum Gasteiger partial charge on any atom is -0.496 e. The summed E-state index contributed by atoms with van der Waals surface area (Å²) in [6.45, 7) is 5.05. The SMILES string of the molecule is COCCN1C(=O)CC(CC(=O)N(C)CC(C)C)(c2ccccc2OC)C1=O. The van der Waals surface area contributed by atoms with Gasteiger partial charge in [0.05, 0.1) is 25.7 Å². The lowest BCUT2D eigenvalue weighted by molar-refractivity contribution is -0.143. The minimum absolute atomic E-state index is 0.0584. The average molecular weight is 390 g/mol. The summed E-state index contributed by atoms with van der Waals surface area (Å²) in [5.74, 6) is -0.0428. The number of carbonyl (C=O) groups is 3. The Hall–Kier alpha value is -2.41. The van der Waals surface area contributed by atoms with E-state index in [1.54, 1.807) is 36.2 Å². The van der Waals surface area contributed by atoms with E-state index in [0.29, 0.717) is 23.8 Å². The van der Waals surface area contributed by atoms with Gasteiger partial charge in [0.25, 0.3) is 0 Å². The second-order valence-electron chi connectivity index (χ2n) is 7.65. The van der Waals surface area contributed by atoms with Crippen molar-refractivity contribution in [1.29, 1.82) is 0 Å². The number of rotatable bonds is 9. The van der Waals surface area contributed by atoms with Crippen LogP contribution in [0.3, 0.4) is 0 Å².